The molecule has 0 atom stereocenters. The smallest absolute Gasteiger partial charge is 0.137 e. The van der Waals surface area contributed by atoms with Gasteiger partial charge in [0.15, 0.2) is 0 Å². The summed E-state index contributed by atoms with van der Waals surface area (Å²) in [5, 5.41) is 4.51. The van der Waals surface area contributed by atoms with Crippen LogP contribution in [-0.4, -0.2) is 24.3 Å². The highest BCUT2D eigenvalue weighted by Crippen LogP contribution is 2.40. The van der Waals surface area contributed by atoms with E-state index in [-0.39, 0.29) is 0 Å². The molecule has 5 aromatic carbocycles. The van der Waals surface area contributed by atoms with Crippen LogP contribution in [0.3, 0.4) is 0 Å². The number of hydrogen-bond acceptors (Lipinski definition) is 4. The fraction of sp³-hybridized carbons (Fsp3) is 0. The van der Waals surface area contributed by atoms with Gasteiger partial charge in [0.2, 0.25) is 0 Å². The number of nitrogens with zero attached hydrogens (tertiary/aromatic N) is 5. The van der Waals surface area contributed by atoms with Crippen LogP contribution >= 0.6 is 0 Å². The molecular weight excluding hydrogens is 526 g/mol. The predicted molar refractivity (Wildman–Crippen MR) is 175 cm³/mol. The van der Waals surface area contributed by atoms with Crippen LogP contribution in [0.25, 0.3) is 83.0 Å². The van der Waals surface area contributed by atoms with E-state index < -0.39 is 0 Å². The summed E-state index contributed by atoms with van der Waals surface area (Å²) in [6.45, 7) is 0. The fourth-order valence-electron chi connectivity index (χ4n) is 6.23. The van der Waals surface area contributed by atoms with E-state index in [0.717, 1.165) is 83.0 Å². The lowest BCUT2D eigenvalue weighted by atomic mass is 9.94. The van der Waals surface area contributed by atoms with Crippen LogP contribution in [0.1, 0.15) is 0 Å². The maximum atomic E-state index is 5.19. The highest BCUT2D eigenvalue weighted by Gasteiger charge is 2.18. The summed E-state index contributed by atoms with van der Waals surface area (Å²) in [5.41, 5.74) is 10.6. The topological polar surface area (TPSA) is 56.0 Å². The van der Waals surface area contributed by atoms with Crippen molar-refractivity contribution in [3.63, 3.8) is 0 Å². The summed E-state index contributed by atoms with van der Waals surface area (Å²) in [6.07, 6.45) is 3.93. The quantitative estimate of drug-likeness (QED) is 0.206. The van der Waals surface area contributed by atoms with Crippen molar-refractivity contribution < 1.29 is 0 Å². The van der Waals surface area contributed by atoms with E-state index in [4.69, 9.17) is 15.0 Å². The molecule has 0 unspecified atom stereocenters. The Bertz CT molecular complexity index is 2500. The summed E-state index contributed by atoms with van der Waals surface area (Å²) >= 11 is 0. The summed E-state index contributed by atoms with van der Waals surface area (Å²) in [4.78, 5) is 20.0. The van der Waals surface area contributed by atoms with Gasteiger partial charge in [-0.15, -0.1) is 0 Å². The Labute approximate surface area is 246 Å². The van der Waals surface area contributed by atoms with Crippen molar-refractivity contribution in [2.45, 2.75) is 0 Å². The maximum Gasteiger partial charge on any atom is 0.137 e. The Morgan fingerprint density at radius 1 is 0.465 bits per heavy atom. The molecule has 0 aliphatic rings. The highest BCUT2D eigenvalue weighted by atomic mass is 15.0. The van der Waals surface area contributed by atoms with Crippen LogP contribution in [0.5, 0.6) is 0 Å². The minimum absolute atomic E-state index is 0.860. The normalized spacial score (nSPS) is 11.7. The number of hydrogen-bond donors (Lipinski definition) is 0. The molecule has 0 saturated carbocycles. The largest absolute Gasteiger partial charge is 0.299 e. The van der Waals surface area contributed by atoms with Crippen LogP contribution in [0.4, 0.5) is 0 Å². The SMILES string of the molecule is c1ccc(-c2nc3ccccc3nc2-c2ccc3c(c2)c2cc(-c4ccccn4)ccc2c2nc4ccccn4c32)cc1. The van der Waals surface area contributed by atoms with Crippen molar-refractivity contribution in [1.29, 1.82) is 0 Å². The minimum Gasteiger partial charge on any atom is -0.299 e. The van der Waals surface area contributed by atoms with Gasteiger partial charge in [-0.25, -0.2) is 15.0 Å². The second kappa shape index (κ2) is 9.29. The standard InChI is InChI=1S/C38H23N5/c1-2-10-24(11-3-1)35-36(41-33-14-5-4-13-32(33)40-35)26-17-19-28-30(23-26)29-22-25(31-12-6-8-20-39-31)16-18-27(29)37-38(28)43-21-9-7-15-34(43)42-37/h1-23H. The predicted octanol–water partition coefficient (Wildman–Crippen LogP) is 9.13. The molecule has 43 heavy (non-hydrogen) atoms. The second-order valence-corrected chi connectivity index (χ2v) is 10.7. The average Bonchev–Trinajstić information content (AvgIpc) is 3.48. The molecular formula is C38H23N5. The molecule has 0 spiro atoms. The van der Waals surface area contributed by atoms with Crippen LogP contribution in [0.15, 0.2) is 140 Å². The molecule has 0 saturated heterocycles. The molecule has 0 bridgehead atoms. The van der Waals surface area contributed by atoms with E-state index >= 15 is 0 Å². The molecule has 0 amide bonds. The van der Waals surface area contributed by atoms with Crippen molar-refractivity contribution in [3.8, 4) is 33.8 Å². The number of pyridine rings is 2. The van der Waals surface area contributed by atoms with E-state index in [1.54, 1.807) is 0 Å². The van der Waals surface area contributed by atoms with Gasteiger partial charge in [-0.3, -0.25) is 9.38 Å². The van der Waals surface area contributed by atoms with Crippen molar-refractivity contribution in [1.82, 2.24) is 24.3 Å². The summed E-state index contributed by atoms with van der Waals surface area (Å²) < 4.78 is 2.19. The van der Waals surface area contributed by atoms with Crippen LogP contribution in [0.2, 0.25) is 0 Å². The summed E-state index contributed by atoms with van der Waals surface area (Å²) in [7, 11) is 0. The molecule has 9 aromatic rings. The average molecular weight is 550 g/mol. The van der Waals surface area contributed by atoms with E-state index in [2.05, 4.69) is 82.3 Å². The van der Waals surface area contributed by atoms with Gasteiger partial charge in [0.05, 0.1) is 39.1 Å². The Kier molecular flexibility index (Phi) is 5.13. The number of aromatic nitrogens is 5. The summed E-state index contributed by atoms with van der Waals surface area (Å²) in [5.74, 6) is 0. The fourth-order valence-corrected chi connectivity index (χ4v) is 6.23. The van der Waals surface area contributed by atoms with E-state index in [0.29, 0.717) is 0 Å². The first kappa shape index (κ1) is 23.7. The minimum atomic E-state index is 0.860. The van der Waals surface area contributed by atoms with Crippen molar-refractivity contribution in [2.75, 3.05) is 0 Å². The number of rotatable bonds is 3. The highest BCUT2D eigenvalue weighted by molar-refractivity contribution is 6.25. The molecule has 4 heterocycles. The molecule has 0 aliphatic heterocycles. The summed E-state index contributed by atoms with van der Waals surface area (Å²) in [6, 6.07) is 43.8. The van der Waals surface area contributed by atoms with Gasteiger partial charge in [-0.2, -0.15) is 0 Å². The van der Waals surface area contributed by atoms with E-state index in [1.807, 2.05) is 66.9 Å². The van der Waals surface area contributed by atoms with Crippen molar-refractivity contribution in [3.05, 3.63) is 140 Å². The Morgan fingerprint density at radius 2 is 1.14 bits per heavy atom. The van der Waals surface area contributed by atoms with Gasteiger partial charge in [0.1, 0.15) is 5.65 Å². The Balaban J connectivity index is 1.40. The monoisotopic (exact) mass is 549 g/mol. The first-order valence-electron chi connectivity index (χ1n) is 14.3. The molecule has 0 fully saturated rings. The Hall–Kier alpha value is -5.94. The van der Waals surface area contributed by atoms with Gasteiger partial charge in [-0.05, 0) is 59.3 Å². The van der Waals surface area contributed by atoms with E-state index in [1.165, 1.54) is 0 Å². The molecule has 200 valence electrons. The molecule has 0 radical (unpaired) electrons. The zero-order valence-corrected chi connectivity index (χ0v) is 23.0. The van der Waals surface area contributed by atoms with Crippen molar-refractivity contribution in [2.24, 2.45) is 0 Å². The molecule has 4 aromatic heterocycles. The molecule has 5 nitrogen and oxygen atoms in total. The second-order valence-electron chi connectivity index (χ2n) is 10.7. The lowest BCUT2D eigenvalue weighted by Crippen LogP contribution is -1.96. The third-order valence-corrected chi connectivity index (χ3v) is 8.22. The van der Waals surface area contributed by atoms with Crippen LogP contribution in [-0.2, 0) is 0 Å². The molecule has 0 aliphatic carbocycles. The first-order valence-corrected chi connectivity index (χ1v) is 14.3. The zero-order valence-electron chi connectivity index (χ0n) is 23.0. The van der Waals surface area contributed by atoms with Crippen LogP contribution < -0.4 is 0 Å². The number of para-hydroxylation sites is 2. The van der Waals surface area contributed by atoms with Crippen molar-refractivity contribution >= 4 is 49.3 Å². The van der Waals surface area contributed by atoms with Gasteiger partial charge in [-0.1, -0.05) is 78.9 Å². The first-order chi connectivity index (χ1) is 21.3. The van der Waals surface area contributed by atoms with Gasteiger partial charge in [0, 0.05) is 39.9 Å². The lowest BCUT2D eigenvalue weighted by Gasteiger charge is -2.13. The number of imidazole rings is 1. The molecule has 9 rings (SSSR count). The van der Waals surface area contributed by atoms with Gasteiger partial charge >= 0.3 is 0 Å². The van der Waals surface area contributed by atoms with Gasteiger partial charge in [0.25, 0.3) is 0 Å². The zero-order chi connectivity index (χ0) is 28.3. The number of fused-ring (bicyclic) bond motifs is 9. The molecule has 0 N–H and O–H groups in total. The van der Waals surface area contributed by atoms with E-state index in [9.17, 15) is 0 Å². The molecule has 5 heteroatoms. The lowest BCUT2D eigenvalue weighted by molar-refractivity contribution is 1.23. The third-order valence-electron chi connectivity index (χ3n) is 8.22. The third kappa shape index (κ3) is 3.72. The number of benzene rings is 5. The Morgan fingerprint density at radius 3 is 1.95 bits per heavy atom. The van der Waals surface area contributed by atoms with Crippen LogP contribution in [0, 0.1) is 0 Å². The van der Waals surface area contributed by atoms with Gasteiger partial charge < -0.3 is 0 Å². The maximum absolute atomic E-state index is 5.19.